The Morgan fingerprint density at radius 1 is 0.971 bits per heavy atom. The fourth-order valence-electron chi connectivity index (χ4n) is 3.54. The molecule has 5 nitrogen and oxygen atoms in total. The van der Waals surface area contributed by atoms with Crippen LogP contribution in [0.15, 0.2) is 78.9 Å². The number of benzene rings is 3. The summed E-state index contributed by atoms with van der Waals surface area (Å²) in [6, 6.07) is 23.8. The molecule has 0 spiro atoms. The molecule has 2 amide bonds. The Labute approximate surface area is 226 Å². The van der Waals surface area contributed by atoms with Crippen LogP contribution in [-0.2, 0) is 22.6 Å². The summed E-state index contributed by atoms with van der Waals surface area (Å²) in [4.78, 5) is 28.6. The molecule has 2 atom stereocenters. The summed E-state index contributed by atoms with van der Waals surface area (Å²) in [5.74, 6) is 0.160. The fourth-order valence-corrected chi connectivity index (χ4v) is 4.03. The molecular weight excluding hydrogens is 575 g/mol. The van der Waals surface area contributed by atoms with Gasteiger partial charge in [-0.3, -0.25) is 9.59 Å². The van der Waals surface area contributed by atoms with Crippen LogP contribution in [0.25, 0.3) is 0 Å². The highest BCUT2D eigenvalue weighted by atomic mass is 127. The van der Waals surface area contributed by atoms with Gasteiger partial charge in [-0.2, -0.15) is 0 Å². The van der Waals surface area contributed by atoms with Gasteiger partial charge in [0.05, 0.1) is 0 Å². The maximum absolute atomic E-state index is 13.5. The monoisotopic (exact) mass is 604 g/mol. The third kappa shape index (κ3) is 8.54. The molecule has 3 rings (SSSR count). The smallest absolute Gasteiger partial charge is 0.261 e. The molecule has 0 aliphatic carbocycles. The molecule has 3 aromatic rings. The molecular formula is C28H30ClIN2O3. The number of amides is 2. The van der Waals surface area contributed by atoms with Crippen LogP contribution >= 0.6 is 34.2 Å². The molecule has 0 radical (unpaired) electrons. The number of nitrogens with zero attached hydrogens (tertiary/aromatic N) is 1. The van der Waals surface area contributed by atoms with Crippen LogP contribution in [0, 0.1) is 3.57 Å². The Morgan fingerprint density at radius 3 is 2.26 bits per heavy atom. The first-order chi connectivity index (χ1) is 16.9. The van der Waals surface area contributed by atoms with E-state index in [9.17, 15) is 9.59 Å². The van der Waals surface area contributed by atoms with E-state index in [1.54, 1.807) is 17.0 Å². The summed E-state index contributed by atoms with van der Waals surface area (Å²) >= 11 is 8.29. The van der Waals surface area contributed by atoms with Gasteiger partial charge in [0.25, 0.3) is 5.91 Å². The maximum atomic E-state index is 13.5. The van der Waals surface area contributed by atoms with Crippen molar-refractivity contribution in [3.63, 3.8) is 0 Å². The molecule has 0 bridgehead atoms. The van der Waals surface area contributed by atoms with Gasteiger partial charge in [0.1, 0.15) is 11.8 Å². The van der Waals surface area contributed by atoms with Crippen molar-refractivity contribution in [3.05, 3.63) is 98.6 Å². The highest BCUT2D eigenvalue weighted by Gasteiger charge is 2.31. The average molecular weight is 605 g/mol. The lowest BCUT2D eigenvalue weighted by molar-refractivity contribution is -0.143. The first-order valence-electron chi connectivity index (χ1n) is 11.6. The lowest BCUT2D eigenvalue weighted by Crippen LogP contribution is -2.53. The Morgan fingerprint density at radius 2 is 1.63 bits per heavy atom. The minimum absolute atomic E-state index is 0.00343. The highest BCUT2D eigenvalue weighted by molar-refractivity contribution is 14.1. The van der Waals surface area contributed by atoms with E-state index in [4.69, 9.17) is 16.3 Å². The second kappa shape index (κ2) is 13.5. The van der Waals surface area contributed by atoms with Crippen molar-refractivity contribution >= 4 is 46.0 Å². The van der Waals surface area contributed by atoms with Gasteiger partial charge in [-0.25, -0.2) is 0 Å². The molecule has 0 heterocycles. The Bertz CT molecular complexity index is 1090. The van der Waals surface area contributed by atoms with Gasteiger partial charge in [0, 0.05) is 27.6 Å². The fraction of sp³-hybridized carbons (Fsp3) is 0.286. The van der Waals surface area contributed by atoms with Crippen molar-refractivity contribution in [2.45, 2.75) is 45.3 Å². The molecule has 3 aromatic carbocycles. The first-order valence-corrected chi connectivity index (χ1v) is 13.1. The van der Waals surface area contributed by atoms with E-state index < -0.39 is 6.04 Å². The summed E-state index contributed by atoms with van der Waals surface area (Å²) in [5.41, 5.74) is 1.86. The van der Waals surface area contributed by atoms with E-state index in [-0.39, 0.29) is 31.0 Å². The van der Waals surface area contributed by atoms with Crippen LogP contribution in [-0.4, -0.2) is 35.4 Å². The Kier molecular flexibility index (Phi) is 10.4. The zero-order chi connectivity index (χ0) is 25.2. The van der Waals surface area contributed by atoms with E-state index >= 15 is 0 Å². The van der Waals surface area contributed by atoms with E-state index in [0.717, 1.165) is 21.1 Å². The van der Waals surface area contributed by atoms with E-state index in [1.807, 2.05) is 80.6 Å². The third-order valence-electron chi connectivity index (χ3n) is 5.71. The van der Waals surface area contributed by atoms with Crippen LogP contribution in [0.3, 0.4) is 0 Å². The minimum atomic E-state index is -0.699. The van der Waals surface area contributed by atoms with Crippen molar-refractivity contribution in [2.24, 2.45) is 0 Å². The number of nitrogens with one attached hydrogen (secondary N) is 1. The lowest BCUT2D eigenvalue weighted by atomic mass is 10.0. The van der Waals surface area contributed by atoms with Crippen molar-refractivity contribution in [1.29, 1.82) is 0 Å². The van der Waals surface area contributed by atoms with Crippen molar-refractivity contribution in [3.8, 4) is 5.75 Å². The number of rotatable bonds is 11. The maximum Gasteiger partial charge on any atom is 0.261 e. The number of hydrogen-bond donors (Lipinski definition) is 1. The van der Waals surface area contributed by atoms with E-state index in [1.165, 1.54) is 0 Å². The number of carbonyl (C=O) groups is 2. The highest BCUT2D eigenvalue weighted by Crippen LogP contribution is 2.18. The number of ether oxygens (including phenoxy) is 1. The molecule has 0 aliphatic rings. The SMILES string of the molecule is CCC(C)NC(=O)C(Cc1ccccc1)N(Cc1ccc(Cl)cc1)C(=O)COc1ccc(I)cc1. The third-order valence-corrected chi connectivity index (χ3v) is 6.69. The van der Waals surface area contributed by atoms with Gasteiger partial charge >= 0.3 is 0 Å². The van der Waals surface area contributed by atoms with Gasteiger partial charge in [0.2, 0.25) is 5.91 Å². The molecule has 0 saturated heterocycles. The van der Waals surface area contributed by atoms with Gasteiger partial charge in [-0.1, -0.05) is 61.0 Å². The summed E-state index contributed by atoms with van der Waals surface area (Å²) in [7, 11) is 0. The minimum Gasteiger partial charge on any atom is -0.484 e. The van der Waals surface area contributed by atoms with Gasteiger partial charge in [0.15, 0.2) is 6.61 Å². The molecule has 184 valence electrons. The molecule has 0 aromatic heterocycles. The van der Waals surface area contributed by atoms with Crippen LogP contribution in [0.5, 0.6) is 5.75 Å². The summed E-state index contributed by atoms with van der Waals surface area (Å²) in [5, 5.41) is 3.68. The molecule has 7 heteroatoms. The predicted molar refractivity (Wildman–Crippen MR) is 148 cm³/mol. The number of halogens is 2. The first kappa shape index (κ1) is 27.0. The lowest BCUT2D eigenvalue weighted by Gasteiger charge is -2.32. The predicted octanol–water partition coefficient (Wildman–Crippen LogP) is 5.88. The average Bonchev–Trinajstić information content (AvgIpc) is 2.87. The summed E-state index contributed by atoms with van der Waals surface area (Å²) in [6.07, 6.45) is 1.19. The zero-order valence-corrected chi connectivity index (χ0v) is 22.8. The van der Waals surface area contributed by atoms with Gasteiger partial charge < -0.3 is 15.0 Å². The molecule has 0 aliphatic heterocycles. The van der Waals surface area contributed by atoms with E-state index in [2.05, 4.69) is 27.9 Å². The van der Waals surface area contributed by atoms with E-state index in [0.29, 0.717) is 17.2 Å². The molecule has 1 N–H and O–H groups in total. The van der Waals surface area contributed by atoms with Crippen molar-refractivity contribution < 1.29 is 14.3 Å². The molecule has 0 fully saturated rings. The van der Waals surface area contributed by atoms with Crippen LogP contribution < -0.4 is 10.1 Å². The van der Waals surface area contributed by atoms with Crippen LogP contribution in [0.1, 0.15) is 31.4 Å². The second-order valence-electron chi connectivity index (χ2n) is 8.41. The summed E-state index contributed by atoms with van der Waals surface area (Å²) in [6.45, 7) is 4.07. The van der Waals surface area contributed by atoms with Crippen LogP contribution in [0.4, 0.5) is 0 Å². The van der Waals surface area contributed by atoms with Crippen molar-refractivity contribution in [1.82, 2.24) is 10.2 Å². The van der Waals surface area contributed by atoms with Crippen LogP contribution in [0.2, 0.25) is 5.02 Å². The molecule has 35 heavy (non-hydrogen) atoms. The number of hydrogen-bond acceptors (Lipinski definition) is 3. The quantitative estimate of drug-likeness (QED) is 0.278. The largest absolute Gasteiger partial charge is 0.484 e. The second-order valence-corrected chi connectivity index (χ2v) is 10.1. The van der Waals surface area contributed by atoms with Gasteiger partial charge in [-0.15, -0.1) is 0 Å². The molecule has 2 unspecified atom stereocenters. The molecule has 0 saturated carbocycles. The zero-order valence-electron chi connectivity index (χ0n) is 19.9. The Balaban J connectivity index is 1.89. The number of carbonyl (C=O) groups excluding carboxylic acids is 2. The summed E-state index contributed by atoms with van der Waals surface area (Å²) < 4.78 is 6.87. The topological polar surface area (TPSA) is 58.6 Å². The standard InChI is InChI=1S/C28H30ClIN2O3/c1-3-20(2)31-28(34)26(17-21-7-5-4-6-8-21)32(18-22-9-11-23(29)12-10-22)27(33)19-35-25-15-13-24(30)14-16-25/h4-16,20,26H,3,17-19H2,1-2H3,(H,31,34). The normalized spacial score (nSPS) is 12.5. The Hall–Kier alpha value is -2.58. The van der Waals surface area contributed by atoms with Gasteiger partial charge in [-0.05, 0) is 83.5 Å². The van der Waals surface area contributed by atoms with Crippen molar-refractivity contribution in [2.75, 3.05) is 6.61 Å².